The van der Waals surface area contributed by atoms with E-state index < -0.39 is 23.5 Å². The summed E-state index contributed by atoms with van der Waals surface area (Å²) >= 11 is 0. The summed E-state index contributed by atoms with van der Waals surface area (Å²) in [7, 11) is 0. The van der Waals surface area contributed by atoms with Crippen molar-refractivity contribution in [2.24, 2.45) is 11.8 Å². The van der Waals surface area contributed by atoms with E-state index in [4.69, 9.17) is 9.47 Å². The Morgan fingerprint density at radius 1 is 0.909 bits per heavy atom. The summed E-state index contributed by atoms with van der Waals surface area (Å²) < 4.78 is 89.6. The average Bonchev–Trinajstić information content (AvgIpc) is 2.98. The Balaban J connectivity index is 1.49. The summed E-state index contributed by atoms with van der Waals surface area (Å²) in [5.41, 5.74) is -1.60. The van der Waals surface area contributed by atoms with Crippen molar-refractivity contribution in [2.75, 3.05) is 24.6 Å². The summed E-state index contributed by atoms with van der Waals surface area (Å²) in [4.78, 5) is 5.94. The second kappa shape index (κ2) is 8.95. The summed E-state index contributed by atoms with van der Waals surface area (Å²) in [6.07, 6.45) is -5.95. The van der Waals surface area contributed by atoms with Crippen LogP contribution in [0, 0.1) is 11.8 Å². The molecule has 3 atom stereocenters. The van der Waals surface area contributed by atoms with Gasteiger partial charge in [0, 0.05) is 31.1 Å². The zero-order chi connectivity index (χ0) is 23.8. The molecule has 2 aliphatic rings. The molecule has 4 nitrogen and oxygen atoms in total. The highest BCUT2D eigenvalue weighted by Gasteiger charge is 2.44. The minimum absolute atomic E-state index is 0.0675. The van der Waals surface area contributed by atoms with Crippen molar-refractivity contribution in [3.63, 3.8) is 0 Å². The molecule has 2 fully saturated rings. The van der Waals surface area contributed by atoms with Crippen LogP contribution in [0.25, 0.3) is 0 Å². The van der Waals surface area contributed by atoms with E-state index in [9.17, 15) is 26.3 Å². The lowest BCUT2D eigenvalue weighted by Crippen LogP contribution is -2.47. The highest BCUT2D eigenvalue weighted by molar-refractivity contribution is 5.45. The van der Waals surface area contributed by atoms with Gasteiger partial charge in [0.25, 0.3) is 0 Å². The fourth-order valence-corrected chi connectivity index (χ4v) is 4.55. The Labute approximate surface area is 187 Å². The fourth-order valence-electron chi connectivity index (χ4n) is 4.55. The van der Waals surface area contributed by atoms with Crippen LogP contribution in [0.3, 0.4) is 0 Å². The Bertz CT molecular complexity index is 947. The van der Waals surface area contributed by atoms with Gasteiger partial charge in [-0.25, -0.2) is 4.98 Å². The first-order valence-electron chi connectivity index (χ1n) is 10.8. The maximum absolute atomic E-state index is 13.1. The summed E-state index contributed by atoms with van der Waals surface area (Å²) in [5.74, 6) is 0.973. The van der Waals surface area contributed by atoms with Crippen LogP contribution in [0.4, 0.5) is 32.2 Å². The minimum atomic E-state index is -4.48. The second-order valence-corrected chi connectivity index (χ2v) is 8.50. The summed E-state index contributed by atoms with van der Waals surface area (Å²) in [6.45, 7) is 3.22. The molecule has 1 saturated heterocycles. The monoisotopic (exact) mass is 474 g/mol. The molecular weight excluding hydrogens is 450 g/mol. The molecule has 2 aromatic rings. The minimum Gasteiger partial charge on any atom is -0.490 e. The molecular formula is C23H24F6N2O2. The number of halogens is 6. The van der Waals surface area contributed by atoms with Crippen LogP contribution in [0.15, 0.2) is 36.5 Å². The van der Waals surface area contributed by atoms with Crippen LogP contribution < -0.4 is 14.4 Å². The first kappa shape index (κ1) is 23.5. The molecule has 4 rings (SSSR count). The number of benzene rings is 1. The highest BCUT2D eigenvalue weighted by atomic mass is 19.4. The van der Waals surface area contributed by atoms with Gasteiger partial charge in [0.2, 0.25) is 0 Å². The third kappa shape index (κ3) is 5.14. The van der Waals surface area contributed by atoms with Crippen LogP contribution >= 0.6 is 0 Å². The molecule has 2 heterocycles. The van der Waals surface area contributed by atoms with Crippen LogP contribution in [0.5, 0.6) is 11.5 Å². The van der Waals surface area contributed by atoms with Gasteiger partial charge in [-0.3, -0.25) is 0 Å². The molecule has 0 radical (unpaired) electrons. The molecule has 1 aliphatic heterocycles. The number of rotatable bonds is 6. The number of fused-ring (bicyclic) bond motifs is 2. The van der Waals surface area contributed by atoms with Gasteiger partial charge >= 0.3 is 12.4 Å². The molecule has 10 heteroatoms. The van der Waals surface area contributed by atoms with Crippen molar-refractivity contribution in [3.8, 4) is 11.5 Å². The molecule has 0 N–H and O–H groups in total. The first-order valence-corrected chi connectivity index (χ1v) is 10.8. The van der Waals surface area contributed by atoms with Crippen LogP contribution in [-0.4, -0.2) is 30.8 Å². The Hall–Kier alpha value is -2.65. The zero-order valence-electron chi connectivity index (χ0n) is 17.9. The number of anilines is 1. The van der Waals surface area contributed by atoms with Crippen LogP contribution in [-0.2, 0) is 12.4 Å². The first-order chi connectivity index (χ1) is 15.6. The maximum atomic E-state index is 13.1. The third-order valence-corrected chi connectivity index (χ3v) is 6.14. The SMILES string of the molecule is CCCOc1cc(C(F)(F)F)ccc1O[C@@H]1[C@@H]2CC[C@H]1CN(c1ccc(C(F)(F)F)cn1)C2. The summed E-state index contributed by atoms with van der Waals surface area (Å²) in [5, 5.41) is 0. The smallest absolute Gasteiger partial charge is 0.417 e. The quantitative estimate of drug-likeness (QED) is 0.467. The Morgan fingerprint density at radius 2 is 1.55 bits per heavy atom. The van der Waals surface area contributed by atoms with E-state index in [1.807, 2.05) is 11.8 Å². The van der Waals surface area contributed by atoms with Crippen molar-refractivity contribution in [1.29, 1.82) is 0 Å². The van der Waals surface area contributed by atoms with E-state index in [2.05, 4.69) is 4.98 Å². The molecule has 1 aliphatic carbocycles. The van der Waals surface area contributed by atoms with Gasteiger partial charge in [0.05, 0.1) is 17.7 Å². The molecule has 0 spiro atoms. The van der Waals surface area contributed by atoms with Crippen molar-refractivity contribution in [1.82, 2.24) is 4.98 Å². The van der Waals surface area contributed by atoms with E-state index in [0.717, 1.165) is 37.2 Å². The van der Waals surface area contributed by atoms with Crippen LogP contribution in [0.2, 0.25) is 0 Å². The van der Waals surface area contributed by atoms with Gasteiger partial charge in [0.15, 0.2) is 11.5 Å². The topological polar surface area (TPSA) is 34.6 Å². The lowest BCUT2D eigenvalue weighted by Gasteiger charge is -2.38. The second-order valence-electron chi connectivity index (χ2n) is 8.50. The van der Waals surface area contributed by atoms with Crippen molar-refractivity contribution < 1.29 is 35.8 Å². The maximum Gasteiger partial charge on any atom is 0.417 e. The largest absolute Gasteiger partial charge is 0.490 e. The molecule has 0 amide bonds. The average molecular weight is 474 g/mol. The van der Waals surface area contributed by atoms with Crippen LogP contribution in [0.1, 0.15) is 37.3 Å². The molecule has 180 valence electrons. The van der Waals surface area contributed by atoms with Gasteiger partial charge in [-0.1, -0.05) is 6.92 Å². The third-order valence-electron chi connectivity index (χ3n) is 6.14. The van der Waals surface area contributed by atoms with Crippen molar-refractivity contribution >= 4 is 5.82 Å². The molecule has 0 unspecified atom stereocenters. The number of pyridine rings is 1. The lowest BCUT2D eigenvalue weighted by molar-refractivity contribution is -0.138. The molecule has 1 aromatic carbocycles. The number of piperidine rings is 1. The van der Waals surface area contributed by atoms with E-state index >= 15 is 0 Å². The zero-order valence-corrected chi connectivity index (χ0v) is 17.9. The summed E-state index contributed by atoms with van der Waals surface area (Å²) in [6, 6.07) is 5.64. The number of nitrogens with zero attached hydrogens (tertiary/aromatic N) is 2. The van der Waals surface area contributed by atoms with Crippen molar-refractivity contribution in [3.05, 3.63) is 47.7 Å². The van der Waals surface area contributed by atoms with E-state index in [1.165, 1.54) is 12.1 Å². The number of alkyl halides is 6. The van der Waals surface area contributed by atoms with E-state index in [-0.39, 0.29) is 36.0 Å². The van der Waals surface area contributed by atoms with Crippen molar-refractivity contribution in [2.45, 2.75) is 44.6 Å². The Morgan fingerprint density at radius 3 is 2.09 bits per heavy atom. The molecule has 1 aromatic heterocycles. The Kier molecular flexibility index (Phi) is 6.37. The lowest BCUT2D eigenvalue weighted by atomic mass is 9.94. The van der Waals surface area contributed by atoms with Gasteiger partial charge in [-0.15, -0.1) is 0 Å². The number of ether oxygens (including phenoxy) is 2. The predicted octanol–water partition coefficient (Wildman–Crippen LogP) is 6.20. The number of hydrogen-bond acceptors (Lipinski definition) is 4. The predicted molar refractivity (Wildman–Crippen MR) is 109 cm³/mol. The number of hydrogen-bond donors (Lipinski definition) is 0. The van der Waals surface area contributed by atoms with Gasteiger partial charge in [-0.2, -0.15) is 26.3 Å². The standard InChI is InChI=1S/C23H24F6N2O2/c1-2-9-32-19-10-16(22(24,25)26)5-7-18(19)33-21-14-3-4-15(21)13-31(12-14)20-8-6-17(11-30-20)23(27,28)29/h5-8,10-11,14-15,21H,2-4,9,12-13H2,1H3/t14-,15+,21-. The van der Waals surface area contributed by atoms with Gasteiger partial charge in [-0.05, 0) is 49.6 Å². The van der Waals surface area contributed by atoms with E-state index in [0.29, 0.717) is 25.3 Å². The fraction of sp³-hybridized carbons (Fsp3) is 0.522. The van der Waals surface area contributed by atoms with Gasteiger partial charge in [0.1, 0.15) is 11.9 Å². The molecule has 2 bridgehead atoms. The molecule has 33 heavy (non-hydrogen) atoms. The van der Waals surface area contributed by atoms with E-state index in [1.54, 1.807) is 0 Å². The number of aromatic nitrogens is 1. The van der Waals surface area contributed by atoms with Gasteiger partial charge < -0.3 is 14.4 Å². The molecule has 1 saturated carbocycles. The normalized spacial score (nSPS) is 23.0. The highest BCUT2D eigenvalue weighted by Crippen LogP contribution is 2.43.